The van der Waals surface area contributed by atoms with Crippen molar-refractivity contribution in [2.24, 2.45) is 0 Å². The molecule has 0 aliphatic heterocycles. The molecule has 0 heterocycles. The van der Waals surface area contributed by atoms with Crippen molar-refractivity contribution in [2.45, 2.75) is 31.2 Å². The van der Waals surface area contributed by atoms with Crippen LogP contribution in [-0.2, 0) is 4.79 Å². The largest absolute Gasteiger partial charge is 0.484 e. The minimum Gasteiger partial charge on any atom is -0.484 e. The average molecular weight is 323 g/mol. The van der Waals surface area contributed by atoms with Gasteiger partial charge in [-0.3, -0.25) is 4.79 Å². The quantitative estimate of drug-likeness (QED) is 0.927. The number of rotatable bonds is 4. The smallest absolute Gasteiger partial charge is 0.259 e. The Kier molecular flexibility index (Phi) is 4.43. The van der Waals surface area contributed by atoms with E-state index in [0.29, 0.717) is 5.75 Å². The number of nitrogens with one attached hydrogen (secondary N) is 1. The fourth-order valence-electron chi connectivity index (χ4n) is 2.25. The third kappa shape index (κ3) is 3.71. The van der Waals surface area contributed by atoms with Crippen LogP contribution in [0.2, 0.25) is 0 Å². The number of amides is 1. The molecule has 1 fully saturated rings. The van der Waals surface area contributed by atoms with Crippen LogP contribution in [0.25, 0.3) is 0 Å². The minimum absolute atomic E-state index is 0.0696. The fourth-order valence-corrected chi connectivity index (χ4v) is 2.63. The summed E-state index contributed by atoms with van der Waals surface area (Å²) in [6.45, 7) is -0.0696. The highest BCUT2D eigenvalue weighted by Crippen LogP contribution is 2.28. The monoisotopic (exact) mass is 322 g/mol. The number of ether oxygens (including phenoxy) is 1. The van der Waals surface area contributed by atoms with E-state index in [1.165, 1.54) is 0 Å². The molecule has 0 saturated heterocycles. The molecule has 1 amide bonds. The van der Waals surface area contributed by atoms with Crippen molar-refractivity contribution < 1.29 is 9.53 Å². The first kappa shape index (κ1) is 13.9. The summed E-state index contributed by atoms with van der Waals surface area (Å²) in [5, 5.41) is 12.0. The highest BCUT2D eigenvalue weighted by Gasteiger charge is 2.35. The van der Waals surface area contributed by atoms with E-state index < -0.39 is 5.54 Å². The van der Waals surface area contributed by atoms with Gasteiger partial charge in [0.05, 0.1) is 6.07 Å². The number of carbonyl (C=O) groups excluding carboxylic acids is 1. The standard InChI is InChI=1S/C14H15BrN2O2/c15-11-4-3-5-12(8-11)19-9-13(18)17-14(10-16)6-1-2-7-14/h3-5,8H,1-2,6-7,9H2,(H,17,18). The molecular weight excluding hydrogens is 308 g/mol. The normalized spacial score (nSPS) is 16.6. The van der Waals surface area contributed by atoms with E-state index in [2.05, 4.69) is 27.3 Å². The highest BCUT2D eigenvalue weighted by atomic mass is 79.9. The molecule has 0 bridgehead atoms. The van der Waals surface area contributed by atoms with Gasteiger partial charge in [0.15, 0.2) is 6.61 Å². The lowest BCUT2D eigenvalue weighted by atomic mass is 10.00. The second-order valence-corrected chi connectivity index (χ2v) is 5.61. The van der Waals surface area contributed by atoms with Gasteiger partial charge in [-0.1, -0.05) is 22.0 Å². The Balaban J connectivity index is 1.87. The van der Waals surface area contributed by atoms with Crippen LogP contribution in [0.5, 0.6) is 5.75 Å². The fraction of sp³-hybridized carbons (Fsp3) is 0.429. The maximum Gasteiger partial charge on any atom is 0.259 e. The van der Waals surface area contributed by atoms with Crippen molar-refractivity contribution in [3.63, 3.8) is 0 Å². The lowest BCUT2D eigenvalue weighted by molar-refractivity contribution is -0.124. The van der Waals surface area contributed by atoms with Crippen LogP contribution in [0.4, 0.5) is 0 Å². The summed E-state index contributed by atoms with van der Waals surface area (Å²) in [5.41, 5.74) is -0.683. The van der Waals surface area contributed by atoms with Gasteiger partial charge >= 0.3 is 0 Å². The van der Waals surface area contributed by atoms with E-state index in [0.717, 1.165) is 30.2 Å². The first-order valence-electron chi connectivity index (χ1n) is 6.24. The van der Waals surface area contributed by atoms with Gasteiger partial charge in [-0.25, -0.2) is 0 Å². The van der Waals surface area contributed by atoms with Gasteiger partial charge in [-0.15, -0.1) is 0 Å². The first-order chi connectivity index (χ1) is 9.13. The summed E-state index contributed by atoms with van der Waals surface area (Å²) in [4.78, 5) is 11.8. The molecule has 2 rings (SSSR count). The minimum atomic E-state index is -0.683. The molecule has 4 nitrogen and oxygen atoms in total. The van der Waals surface area contributed by atoms with Crippen molar-refractivity contribution in [2.75, 3.05) is 6.61 Å². The molecule has 1 aliphatic rings. The maximum atomic E-state index is 11.8. The summed E-state index contributed by atoms with van der Waals surface area (Å²) >= 11 is 3.34. The number of halogens is 1. The number of hydrogen-bond acceptors (Lipinski definition) is 3. The molecule has 1 aromatic rings. The lowest BCUT2D eigenvalue weighted by Gasteiger charge is -2.21. The van der Waals surface area contributed by atoms with Gasteiger partial charge < -0.3 is 10.1 Å². The van der Waals surface area contributed by atoms with Crippen LogP contribution in [0.15, 0.2) is 28.7 Å². The molecule has 19 heavy (non-hydrogen) atoms. The van der Waals surface area contributed by atoms with E-state index in [-0.39, 0.29) is 12.5 Å². The van der Waals surface area contributed by atoms with Gasteiger partial charge in [0, 0.05) is 4.47 Å². The van der Waals surface area contributed by atoms with Gasteiger partial charge in [0.25, 0.3) is 5.91 Å². The van der Waals surface area contributed by atoms with Gasteiger partial charge in [0.1, 0.15) is 11.3 Å². The Hall–Kier alpha value is -1.54. The highest BCUT2D eigenvalue weighted by molar-refractivity contribution is 9.10. The van der Waals surface area contributed by atoms with E-state index in [9.17, 15) is 10.1 Å². The summed E-state index contributed by atoms with van der Waals surface area (Å²) in [6.07, 6.45) is 3.43. The Labute approximate surface area is 120 Å². The van der Waals surface area contributed by atoms with Crippen LogP contribution in [0.1, 0.15) is 25.7 Å². The zero-order valence-corrected chi connectivity index (χ0v) is 12.1. The SMILES string of the molecule is N#CC1(NC(=O)COc2cccc(Br)c2)CCCC1. The summed E-state index contributed by atoms with van der Waals surface area (Å²) in [7, 11) is 0. The van der Waals surface area contributed by atoms with Crippen LogP contribution in [0.3, 0.4) is 0 Å². The Morgan fingerprint density at radius 3 is 2.84 bits per heavy atom. The molecule has 0 aromatic heterocycles. The van der Waals surface area contributed by atoms with Crippen LogP contribution >= 0.6 is 15.9 Å². The molecule has 0 spiro atoms. The molecular formula is C14H15BrN2O2. The first-order valence-corrected chi connectivity index (χ1v) is 7.03. The van der Waals surface area contributed by atoms with E-state index >= 15 is 0 Å². The molecule has 1 N–H and O–H groups in total. The zero-order valence-electron chi connectivity index (χ0n) is 10.5. The van der Waals surface area contributed by atoms with Crippen molar-refractivity contribution in [1.29, 1.82) is 5.26 Å². The predicted octanol–water partition coefficient (Wildman–Crippen LogP) is 2.78. The average Bonchev–Trinajstić information content (AvgIpc) is 2.86. The molecule has 5 heteroatoms. The molecule has 0 unspecified atom stereocenters. The Morgan fingerprint density at radius 2 is 2.21 bits per heavy atom. The predicted molar refractivity (Wildman–Crippen MR) is 74.6 cm³/mol. The second kappa shape index (κ2) is 6.07. The van der Waals surface area contributed by atoms with Gasteiger partial charge in [0.2, 0.25) is 0 Å². The Bertz CT molecular complexity index is 504. The van der Waals surface area contributed by atoms with Crippen molar-refractivity contribution in [1.82, 2.24) is 5.32 Å². The third-order valence-corrected chi connectivity index (χ3v) is 3.71. The van der Waals surface area contributed by atoms with Crippen molar-refractivity contribution in [3.8, 4) is 11.8 Å². The summed E-state index contributed by atoms with van der Waals surface area (Å²) in [6, 6.07) is 9.52. The number of nitrogens with zero attached hydrogens (tertiary/aromatic N) is 1. The van der Waals surface area contributed by atoms with Gasteiger partial charge in [-0.2, -0.15) is 5.26 Å². The lowest BCUT2D eigenvalue weighted by Crippen LogP contribution is -2.47. The number of nitriles is 1. The van der Waals surface area contributed by atoms with E-state index in [1.54, 1.807) is 12.1 Å². The topological polar surface area (TPSA) is 62.1 Å². The molecule has 0 radical (unpaired) electrons. The number of hydrogen-bond donors (Lipinski definition) is 1. The Morgan fingerprint density at radius 1 is 1.47 bits per heavy atom. The van der Waals surface area contributed by atoms with Crippen molar-refractivity contribution >= 4 is 21.8 Å². The number of carbonyl (C=O) groups is 1. The number of benzene rings is 1. The molecule has 1 aliphatic carbocycles. The van der Waals surface area contributed by atoms with Crippen LogP contribution < -0.4 is 10.1 Å². The second-order valence-electron chi connectivity index (χ2n) is 4.70. The molecule has 0 atom stereocenters. The maximum absolute atomic E-state index is 11.8. The van der Waals surface area contributed by atoms with Gasteiger partial charge in [-0.05, 0) is 43.9 Å². The molecule has 100 valence electrons. The van der Waals surface area contributed by atoms with Crippen LogP contribution in [0, 0.1) is 11.3 Å². The third-order valence-electron chi connectivity index (χ3n) is 3.22. The van der Waals surface area contributed by atoms with Crippen LogP contribution in [-0.4, -0.2) is 18.1 Å². The van der Waals surface area contributed by atoms with E-state index in [4.69, 9.17) is 4.74 Å². The molecule has 1 saturated carbocycles. The summed E-state index contributed by atoms with van der Waals surface area (Å²) < 4.78 is 6.29. The summed E-state index contributed by atoms with van der Waals surface area (Å²) in [5.74, 6) is 0.380. The van der Waals surface area contributed by atoms with E-state index in [1.807, 2.05) is 12.1 Å². The zero-order chi connectivity index (χ0) is 13.7. The van der Waals surface area contributed by atoms with Crippen molar-refractivity contribution in [3.05, 3.63) is 28.7 Å². The molecule has 1 aromatic carbocycles.